The van der Waals surface area contributed by atoms with Crippen LogP contribution in [0.3, 0.4) is 0 Å². The van der Waals surface area contributed by atoms with Gasteiger partial charge in [-0.2, -0.15) is 0 Å². The van der Waals surface area contributed by atoms with E-state index in [1.54, 1.807) is 38.1 Å². The van der Waals surface area contributed by atoms with Crippen LogP contribution in [0.25, 0.3) is 10.4 Å². The Balaban J connectivity index is 1.94. The van der Waals surface area contributed by atoms with Crippen molar-refractivity contribution >= 4 is 28.1 Å². The summed E-state index contributed by atoms with van der Waals surface area (Å²) in [6, 6.07) is 14.2. The molecule has 2 heterocycles. The van der Waals surface area contributed by atoms with Crippen LogP contribution < -0.4 is 11.1 Å². The molecule has 0 spiro atoms. The number of nitrogens with two attached hydrogens (primary N) is 1. The lowest BCUT2D eigenvalue weighted by atomic mass is 9.97. The van der Waals surface area contributed by atoms with Crippen LogP contribution in [0.4, 0.5) is 10.8 Å². The molecule has 0 aliphatic rings. The summed E-state index contributed by atoms with van der Waals surface area (Å²) in [4.78, 5) is 17.1. The van der Waals surface area contributed by atoms with Crippen molar-refractivity contribution in [3.63, 3.8) is 0 Å². The molecule has 0 saturated heterocycles. The maximum Gasteiger partial charge on any atom is 0.251 e. The second-order valence-electron chi connectivity index (χ2n) is 7.82. The number of carbonyl (C=O) groups excluding carboxylic acids is 1. The van der Waals surface area contributed by atoms with Gasteiger partial charge in [-0.25, -0.2) is 4.98 Å². The van der Waals surface area contributed by atoms with Crippen LogP contribution in [0.15, 0.2) is 48.5 Å². The number of nitrogens with zero attached hydrogens (tertiary/aromatic N) is 1. The zero-order chi connectivity index (χ0) is 22.1. The fourth-order valence-corrected chi connectivity index (χ4v) is 3.93. The molecular formula is C22H25N3O4S. The molecule has 0 aliphatic carbocycles. The summed E-state index contributed by atoms with van der Waals surface area (Å²) in [6.45, 7) is 4.43. The van der Waals surface area contributed by atoms with Gasteiger partial charge in [0.15, 0.2) is 0 Å². The highest BCUT2D eigenvalue weighted by Crippen LogP contribution is 2.37. The predicted octanol–water partition coefficient (Wildman–Crippen LogP) is 3.08. The molecule has 0 radical (unpaired) electrons. The highest BCUT2D eigenvalue weighted by molar-refractivity contribution is 7.19. The molecule has 0 saturated carbocycles. The Morgan fingerprint density at radius 2 is 1.80 bits per heavy atom. The summed E-state index contributed by atoms with van der Waals surface area (Å²) in [6.07, 6.45) is 0. The Hall–Kier alpha value is -2.78. The van der Waals surface area contributed by atoms with Gasteiger partial charge in [-0.05, 0) is 50.1 Å². The van der Waals surface area contributed by atoms with Gasteiger partial charge in [0, 0.05) is 4.88 Å². The number of aliphatic hydroxyl groups is 3. The third-order valence-electron chi connectivity index (χ3n) is 4.72. The number of primary amides is 1. The van der Waals surface area contributed by atoms with Crippen molar-refractivity contribution < 1.29 is 20.1 Å². The van der Waals surface area contributed by atoms with Crippen LogP contribution in [0.2, 0.25) is 0 Å². The molecule has 2 aromatic heterocycles. The highest BCUT2D eigenvalue weighted by atomic mass is 32.1. The number of anilines is 2. The second kappa shape index (κ2) is 8.16. The maximum atomic E-state index is 12.0. The summed E-state index contributed by atoms with van der Waals surface area (Å²) in [7, 11) is 0. The molecule has 8 heteroatoms. The van der Waals surface area contributed by atoms with Crippen LogP contribution in [-0.2, 0) is 11.2 Å². The van der Waals surface area contributed by atoms with Crippen LogP contribution in [0.1, 0.15) is 42.4 Å². The molecule has 0 fully saturated rings. The average molecular weight is 428 g/mol. The zero-order valence-corrected chi connectivity index (χ0v) is 17.8. The number of pyridine rings is 1. The molecule has 1 aromatic carbocycles. The number of thiophene rings is 1. The minimum absolute atomic E-state index is 0.301. The quantitative estimate of drug-likeness (QED) is 0.394. The van der Waals surface area contributed by atoms with Crippen molar-refractivity contribution in [2.75, 3.05) is 11.9 Å². The molecule has 0 unspecified atom stereocenters. The molecule has 3 aromatic rings. The van der Waals surface area contributed by atoms with Gasteiger partial charge in [-0.3, -0.25) is 4.79 Å². The van der Waals surface area contributed by atoms with E-state index in [0.29, 0.717) is 22.1 Å². The number of aromatic nitrogens is 1. The Labute approximate surface area is 178 Å². The number of amides is 1. The molecule has 7 nitrogen and oxygen atoms in total. The van der Waals surface area contributed by atoms with Crippen molar-refractivity contribution in [2.45, 2.75) is 32.0 Å². The van der Waals surface area contributed by atoms with E-state index in [-0.39, 0.29) is 0 Å². The first kappa shape index (κ1) is 21.9. The molecule has 1 atom stereocenters. The number of benzene rings is 1. The molecule has 158 valence electrons. The number of hydrogen-bond acceptors (Lipinski definition) is 7. The molecular weight excluding hydrogens is 402 g/mol. The number of nitrogens with one attached hydrogen (secondary N) is 1. The number of hydrogen-bond donors (Lipinski definition) is 5. The first-order valence-electron chi connectivity index (χ1n) is 9.36. The molecule has 1 amide bonds. The van der Waals surface area contributed by atoms with Crippen LogP contribution in [0.5, 0.6) is 0 Å². The minimum atomic E-state index is -1.48. The van der Waals surface area contributed by atoms with Gasteiger partial charge in [0.2, 0.25) is 0 Å². The summed E-state index contributed by atoms with van der Waals surface area (Å²) in [5, 5.41) is 33.3. The standard InChI is InChI=1S/C22H25N3O4S/c1-21(2,28)14-9-7-13(8-10-14)16-11-15(19(23)27)20(30-16)25-18-6-4-5-17(24-18)22(3,29)12-26/h4-11,26,28-29H,12H2,1-3H3,(H2,23,27)(H,24,25)/t22-/m1/s1. The van der Waals surface area contributed by atoms with E-state index in [1.165, 1.54) is 18.3 Å². The SMILES string of the molecule is CC(C)(O)c1ccc(-c2cc(C(N)=O)c(Nc3cccc([C@](C)(O)CO)n3)s2)cc1. The lowest BCUT2D eigenvalue weighted by Gasteiger charge is -2.20. The summed E-state index contributed by atoms with van der Waals surface area (Å²) in [5.74, 6) is -0.166. The van der Waals surface area contributed by atoms with Crippen molar-refractivity contribution in [1.82, 2.24) is 4.98 Å². The van der Waals surface area contributed by atoms with Crippen LogP contribution >= 0.6 is 11.3 Å². The topological polar surface area (TPSA) is 129 Å². The predicted molar refractivity (Wildman–Crippen MR) is 118 cm³/mol. The smallest absolute Gasteiger partial charge is 0.251 e. The van der Waals surface area contributed by atoms with Crippen molar-refractivity contribution in [3.05, 3.63) is 65.4 Å². The Bertz CT molecular complexity index is 1050. The summed E-state index contributed by atoms with van der Waals surface area (Å²) >= 11 is 1.34. The van der Waals surface area contributed by atoms with Gasteiger partial charge in [-0.15, -0.1) is 11.3 Å². The maximum absolute atomic E-state index is 12.0. The van der Waals surface area contributed by atoms with Crippen molar-refractivity contribution in [1.29, 1.82) is 0 Å². The molecule has 0 aliphatic heterocycles. The first-order valence-corrected chi connectivity index (χ1v) is 10.2. The Kier molecular flexibility index (Phi) is 5.96. The normalized spacial score (nSPS) is 13.7. The number of carbonyl (C=O) groups is 1. The van der Waals surface area contributed by atoms with Gasteiger partial charge in [0.1, 0.15) is 16.4 Å². The van der Waals surface area contributed by atoms with Gasteiger partial charge >= 0.3 is 0 Å². The van der Waals surface area contributed by atoms with Crippen LogP contribution in [-0.4, -0.2) is 32.8 Å². The van der Waals surface area contributed by atoms with Gasteiger partial charge in [0.05, 0.1) is 23.5 Å². The van der Waals surface area contributed by atoms with E-state index in [0.717, 1.165) is 16.0 Å². The monoisotopic (exact) mass is 427 g/mol. The van der Waals surface area contributed by atoms with Crippen molar-refractivity contribution in [2.24, 2.45) is 5.73 Å². The van der Waals surface area contributed by atoms with E-state index in [1.807, 2.05) is 24.3 Å². The molecule has 30 heavy (non-hydrogen) atoms. The first-order chi connectivity index (χ1) is 14.0. The number of aliphatic hydroxyl groups excluding tert-OH is 1. The number of rotatable bonds is 7. The fourth-order valence-electron chi connectivity index (χ4n) is 2.85. The average Bonchev–Trinajstić information content (AvgIpc) is 3.12. The van der Waals surface area contributed by atoms with Crippen LogP contribution in [0, 0.1) is 0 Å². The molecule has 6 N–H and O–H groups in total. The largest absolute Gasteiger partial charge is 0.393 e. The van der Waals surface area contributed by atoms with E-state index in [9.17, 15) is 20.1 Å². The van der Waals surface area contributed by atoms with E-state index in [2.05, 4.69) is 10.3 Å². The fraction of sp³-hybridized carbons (Fsp3) is 0.273. The Morgan fingerprint density at radius 1 is 1.13 bits per heavy atom. The van der Waals surface area contributed by atoms with E-state index >= 15 is 0 Å². The zero-order valence-electron chi connectivity index (χ0n) is 17.0. The Morgan fingerprint density at radius 3 is 2.37 bits per heavy atom. The van der Waals surface area contributed by atoms with E-state index < -0.39 is 23.7 Å². The second-order valence-corrected chi connectivity index (χ2v) is 8.87. The third-order valence-corrected chi connectivity index (χ3v) is 5.82. The molecule has 3 rings (SSSR count). The third kappa shape index (κ3) is 4.68. The van der Waals surface area contributed by atoms with Gasteiger partial charge < -0.3 is 26.4 Å². The lowest BCUT2D eigenvalue weighted by molar-refractivity contribution is -0.00573. The lowest BCUT2D eigenvalue weighted by Crippen LogP contribution is -2.27. The van der Waals surface area contributed by atoms with Gasteiger partial charge in [-0.1, -0.05) is 30.3 Å². The highest BCUT2D eigenvalue weighted by Gasteiger charge is 2.24. The summed E-state index contributed by atoms with van der Waals surface area (Å²) < 4.78 is 0. The van der Waals surface area contributed by atoms with Crippen molar-refractivity contribution in [3.8, 4) is 10.4 Å². The van der Waals surface area contributed by atoms with Gasteiger partial charge in [0.25, 0.3) is 5.91 Å². The van der Waals surface area contributed by atoms with E-state index in [4.69, 9.17) is 5.73 Å². The molecule has 0 bridgehead atoms. The summed E-state index contributed by atoms with van der Waals surface area (Å²) in [5.41, 5.74) is 5.44. The minimum Gasteiger partial charge on any atom is -0.393 e.